The predicted molar refractivity (Wildman–Crippen MR) is 386 cm³/mol. The Morgan fingerprint density at radius 2 is 0.471 bits per heavy atom. The van der Waals surface area contributed by atoms with Crippen LogP contribution in [0.2, 0.25) is 0 Å². The molecule has 0 unspecified atom stereocenters. The summed E-state index contributed by atoms with van der Waals surface area (Å²) in [4.78, 5) is 6.43. The smallest absolute Gasteiger partial charge is 0.0654 e. The van der Waals surface area contributed by atoms with E-state index in [1.807, 2.05) is 0 Å². The molecule has 498 valence electrons. The van der Waals surface area contributed by atoms with E-state index in [1.165, 1.54) is 341 Å². The zero-order valence-electron chi connectivity index (χ0n) is 59.3. The molecule has 3 rings (SSSR count). The summed E-state index contributed by atoms with van der Waals surface area (Å²) in [6.45, 7) is 18.3. The molecule has 0 spiro atoms. The van der Waals surface area contributed by atoms with Crippen LogP contribution < -0.4 is 0 Å². The molecule has 2 aromatic rings. The number of hydrogen-bond acceptors (Lipinski definition) is 0. The molecule has 0 amide bonds. The van der Waals surface area contributed by atoms with Gasteiger partial charge in [0.15, 0.2) is 0 Å². The summed E-state index contributed by atoms with van der Waals surface area (Å²) in [6.07, 6.45) is 74.4. The standard InChI is InChI=1S/C40H60N2.2C22H41.Ni/c1-7-13-19-31-25-32(20-14-8-2)28-35(27-31)39-37(23-17-11-5)38(24-18-12-6)40(42(39)41)36-29-33(21-15-9-3)26-34(30-36)22-16-10-4;2*1-3-5-7-9-11-13-15-17-19-21-22-20-18-16-14-12-10-8-6-4-2;/h25-30H,7-24H2,1-6H3;2*3,5-22H2,1H3;. The van der Waals surface area contributed by atoms with Crippen LogP contribution in [0.25, 0.3) is 16.9 Å². The van der Waals surface area contributed by atoms with Gasteiger partial charge in [0, 0.05) is 22.3 Å². The molecular formula is C84H142N2Ni. The van der Waals surface area contributed by atoms with Crippen molar-refractivity contribution in [1.29, 1.82) is 0 Å². The van der Waals surface area contributed by atoms with Gasteiger partial charge in [-0.3, -0.25) is 0 Å². The first-order chi connectivity index (χ1) is 42.9. The van der Waals surface area contributed by atoms with Crippen LogP contribution in [-0.2, 0) is 40.1 Å². The van der Waals surface area contributed by atoms with Crippen LogP contribution in [0.4, 0.5) is 0 Å². The minimum absolute atomic E-state index is 1.02. The molecule has 0 saturated heterocycles. The van der Waals surface area contributed by atoms with E-state index in [0.29, 0.717) is 0 Å². The van der Waals surface area contributed by atoms with Crippen LogP contribution in [0.5, 0.6) is 0 Å². The maximum atomic E-state index is 12.3. The van der Waals surface area contributed by atoms with Crippen molar-refractivity contribution in [3.05, 3.63) is 86.5 Å². The van der Waals surface area contributed by atoms with Gasteiger partial charge < -0.3 is 5.53 Å². The summed E-state index contributed by atoms with van der Waals surface area (Å²) < 4.78 is 1.63. The van der Waals surface area contributed by atoms with Crippen molar-refractivity contribution in [1.82, 2.24) is 0 Å². The topological polar surface area (TPSA) is 25.3 Å². The minimum Gasteiger partial charge on any atom is -0.0654 e. The summed E-state index contributed by atoms with van der Waals surface area (Å²) in [7, 11) is 0. The molecule has 1 aliphatic rings. The second-order valence-electron chi connectivity index (χ2n) is 26.8. The maximum absolute atomic E-state index is 12.3. The van der Waals surface area contributed by atoms with Crippen LogP contribution in [0, 0.1) is 21.6 Å². The van der Waals surface area contributed by atoms with Crippen LogP contribution in [0.3, 0.4) is 0 Å². The first kappa shape index (κ1) is 80.2. The van der Waals surface area contributed by atoms with Crippen molar-refractivity contribution in [2.24, 2.45) is 0 Å². The number of benzene rings is 2. The van der Waals surface area contributed by atoms with Gasteiger partial charge in [-0.2, -0.15) is 0 Å². The SMILES string of the molecule is CCCCC1=C(c2cc(CCCC)cc(CCCC)c2)[N+](=[N-])C(c2cc(CCCC)cc(CCCC)c2)=C1CCCC.CCCCCCCCCCCCCCCCCCCCC#[C][Ni][C]#CCCCCCCCCCCCCCCCCCCCC. The third kappa shape index (κ3) is 41.3. The normalized spacial score (nSPS) is 12.3. The van der Waals surface area contributed by atoms with E-state index in [2.05, 4.69) is 113 Å². The van der Waals surface area contributed by atoms with E-state index in [9.17, 15) is 5.53 Å². The van der Waals surface area contributed by atoms with Crippen molar-refractivity contribution in [2.45, 2.75) is 415 Å². The molecule has 2 aromatic carbocycles. The number of unbranched alkanes of at least 4 members (excludes halogenated alkanes) is 42. The Morgan fingerprint density at radius 1 is 0.264 bits per heavy atom. The van der Waals surface area contributed by atoms with Gasteiger partial charge in [-0.1, -0.05) is 222 Å². The Bertz CT molecular complexity index is 1950. The fourth-order valence-corrected chi connectivity index (χ4v) is 13.3. The summed E-state index contributed by atoms with van der Waals surface area (Å²) >= 11 is 1.33. The fourth-order valence-electron chi connectivity index (χ4n) is 12.8. The van der Waals surface area contributed by atoms with Crippen molar-refractivity contribution in [2.75, 3.05) is 0 Å². The first-order valence-electron chi connectivity index (χ1n) is 38.7. The molecule has 0 aromatic heterocycles. The Kier molecular flexibility index (Phi) is 54.8. The molecule has 0 bridgehead atoms. The zero-order valence-corrected chi connectivity index (χ0v) is 60.3. The zero-order chi connectivity index (χ0) is 62.7. The average molecular weight is 1240 g/mol. The Balaban J connectivity index is 0.000000594. The van der Waals surface area contributed by atoms with Gasteiger partial charge in [-0.05, 0) is 124 Å². The molecule has 0 N–H and O–H groups in total. The predicted octanol–water partition coefficient (Wildman–Crippen LogP) is 28.5. The number of hydrogen-bond donors (Lipinski definition) is 0. The summed E-state index contributed by atoms with van der Waals surface area (Å²) in [5.74, 6) is 6.64. The molecule has 2 nitrogen and oxygen atoms in total. The molecular weight excluding hydrogens is 1100 g/mol. The molecule has 0 radical (unpaired) electrons. The second kappa shape index (κ2) is 59.4. The van der Waals surface area contributed by atoms with E-state index >= 15 is 0 Å². The van der Waals surface area contributed by atoms with Crippen LogP contribution in [-0.4, -0.2) is 4.70 Å². The van der Waals surface area contributed by atoms with Crippen molar-refractivity contribution in [3.63, 3.8) is 0 Å². The Hall–Kier alpha value is -2.87. The first-order valence-corrected chi connectivity index (χ1v) is 39.7. The molecule has 87 heavy (non-hydrogen) atoms. The quantitative estimate of drug-likeness (QED) is 0.0273. The summed E-state index contributed by atoms with van der Waals surface area (Å²) in [6, 6.07) is 14.4. The number of allylic oxidation sites excluding steroid dienone is 2. The van der Waals surface area contributed by atoms with Gasteiger partial charge in [-0.15, -0.1) is 0 Å². The van der Waals surface area contributed by atoms with Gasteiger partial charge >= 0.3 is 164 Å². The number of nitrogens with zero attached hydrogens (tertiary/aromatic N) is 2. The molecule has 3 heteroatoms. The number of rotatable bonds is 56. The Morgan fingerprint density at radius 3 is 0.701 bits per heavy atom. The second-order valence-corrected chi connectivity index (χ2v) is 27.5. The van der Waals surface area contributed by atoms with Gasteiger partial charge in [0.25, 0.3) is 0 Å². The summed E-state index contributed by atoms with van der Waals surface area (Å²) in [5.41, 5.74) is 25.2. The third-order valence-corrected chi connectivity index (χ3v) is 18.9. The fraction of sp³-hybridized carbons (Fsp3) is 0.762. The van der Waals surface area contributed by atoms with Gasteiger partial charge in [-0.25, -0.2) is 4.70 Å². The van der Waals surface area contributed by atoms with E-state index in [4.69, 9.17) is 0 Å². The van der Waals surface area contributed by atoms with Gasteiger partial charge in [0.2, 0.25) is 11.4 Å². The minimum atomic E-state index is 1.02. The molecule has 0 fully saturated rings. The van der Waals surface area contributed by atoms with Gasteiger partial charge in [0.1, 0.15) is 0 Å². The van der Waals surface area contributed by atoms with E-state index in [0.717, 1.165) is 88.4 Å². The Labute approximate surface area is 550 Å². The van der Waals surface area contributed by atoms with Crippen LogP contribution in [0.1, 0.15) is 423 Å². The molecule has 0 aliphatic carbocycles. The third-order valence-electron chi connectivity index (χ3n) is 18.3. The van der Waals surface area contributed by atoms with E-state index in [1.54, 1.807) is 4.70 Å². The van der Waals surface area contributed by atoms with E-state index in [-0.39, 0.29) is 0 Å². The van der Waals surface area contributed by atoms with E-state index < -0.39 is 0 Å². The summed E-state index contributed by atoms with van der Waals surface area (Å²) in [5, 5.41) is 0. The molecule has 1 heterocycles. The monoisotopic (exact) mass is 1240 g/mol. The van der Waals surface area contributed by atoms with Crippen LogP contribution in [0.15, 0.2) is 47.5 Å². The van der Waals surface area contributed by atoms with Crippen molar-refractivity contribution < 1.29 is 19.1 Å². The number of aryl methyl sites for hydroxylation is 4. The van der Waals surface area contributed by atoms with Crippen molar-refractivity contribution in [3.8, 4) is 21.6 Å². The molecule has 1 aliphatic heterocycles. The van der Waals surface area contributed by atoms with Gasteiger partial charge in [0.05, 0.1) is 0 Å². The van der Waals surface area contributed by atoms with Crippen LogP contribution >= 0.6 is 0 Å². The average Bonchev–Trinajstić information content (AvgIpc) is 1.71. The molecule has 0 atom stereocenters. The van der Waals surface area contributed by atoms with Crippen molar-refractivity contribution >= 4 is 11.4 Å². The molecule has 0 saturated carbocycles.